The summed E-state index contributed by atoms with van der Waals surface area (Å²) in [6.07, 6.45) is 4.73. The molecule has 0 saturated heterocycles. The van der Waals surface area contributed by atoms with Crippen LogP contribution < -0.4 is 0 Å². The van der Waals surface area contributed by atoms with E-state index in [1.54, 1.807) is 24.3 Å². The number of furan rings is 1. The lowest BCUT2D eigenvalue weighted by Gasteiger charge is -1.98. The highest BCUT2D eigenvalue weighted by Crippen LogP contribution is 2.33. The summed E-state index contributed by atoms with van der Waals surface area (Å²) >= 11 is 0. The summed E-state index contributed by atoms with van der Waals surface area (Å²) in [5.41, 5.74) is 2.99. The number of benzene rings is 2. The molecule has 3 rings (SSSR count). The van der Waals surface area contributed by atoms with Crippen molar-refractivity contribution in [2.24, 2.45) is 0 Å². The molecule has 3 nitrogen and oxygen atoms in total. The third-order valence-corrected chi connectivity index (χ3v) is 3.36. The van der Waals surface area contributed by atoms with Crippen LogP contribution in [-0.4, -0.2) is 11.4 Å². The van der Waals surface area contributed by atoms with Gasteiger partial charge in [0, 0.05) is 10.9 Å². The van der Waals surface area contributed by atoms with E-state index in [0.717, 1.165) is 22.8 Å². The Morgan fingerprint density at radius 1 is 1.10 bits per heavy atom. The first-order chi connectivity index (χ1) is 10.2. The first kappa shape index (κ1) is 13.2. The maximum atomic E-state index is 11.5. The van der Waals surface area contributed by atoms with E-state index in [1.165, 1.54) is 0 Å². The molecule has 104 valence electrons. The molecule has 0 radical (unpaired) electrons. The number of carbonyl (C=O) groups is 1. The number of hydrogen-bond acceptors (Lipinski definition) is 3. The Bertz CT molecular complexity index is 824. The second-order valence-electron chi connectivity index (χ2n) is 4.77. The van der Waals surface area contributed by atoms with E-state index in [-0.39, 0.29) is 5.75 Å². The molecule has 1 heterocycles. The molecule has 0 saturated carbocycles. The van der Waals surface area contributed by atoms with Crippen molar-refractivity contribution >= 4 is 23.3 Å². The fourth-order valence-corrected chi connectivity index (χ4v) is 2.37. The Morgan fingerprint density at radius 3 is 2.52 bits per heavy atom. The van der Waals surface area contributed by atoms with Crippen molar-refractivity contribution in [2.75, 3.05) is 0 Å². The number of allylic oxidation sites excluding steroid dienone is 1. The van der Waals surface area contributed by atoms with E-state index in [4.69, 9.17) is 4.42 Å². The van der Waals surface area contributed by atoms with E-state index in [0.29, 0.717) is 16.9 Å². The van der Waals surface area contributed by atoms with Crippen LogP contribution in [0.4, 0.5) is 0 Å². The Balaban J connectivity index is 2.23. The zero-order chi connectivity index (χ0) is 14.8. The lowest BCUT2D eigenvalue weighted by molar-refractivity contribution is 0.112. The maximum Gasteiger partial charge on any atom is 0.154 e. The standard InChI is InChI=1S/C18H14O3/c1-2-3-12-4-9-17-15(10-12)16(11-19)18(21-17)13-5-7-14(20)8-6-13/h2-11,20H,1H3. The molecule has 0 fully saturated rings. The van der Waals surface area contributed by atoms with E-state index in [1.807, 2.05) is 37.3 Å². The van der Waals surface area contributed by atoms with Gasteiger partial charge in [-0.1, -0.05) is 18.2 Å². The molecule has 2 aromatic carbocycles. The van der Waals surface area contributed by atoms with Gasteiger partial charge in [0.05, 0.1) is 5.56 Å². The third-order valence-electron chi connectivity index (χ3n) is 3.36. The van der Waals surface area contributed by atoms with Crippen LogP contribution in [0.3, 0.4) is 0 Å². The Morgan fingerprint density at radius 2 is 1.86 bits per heavy atom. The number of phenols is 1. The lowest BCUT2D eigenvalue weighted by atomic mass is 10.0. The predicted octanol–water partition coefficient (Wildman–Crippen LogP) is 4.65. The zero-order valence-corrected chi connectivity index (χ0v) is 11.5. The van der Waals surface area contributed by atoms with Crippen LogP contribution in [0, 0.1) is 0 Å². The molecule has 0 spiro atoms. The predicted molar refractivity (Wildman–Crippen MR) is 83.4 cm³/mol. The summed E-state index contributed by atoms with van der Waals surface area (Å²) in [7, 11) is 0. The summed E-state index contributed by atoms with van der Waals surface area (Å²) in [4.78, 5) is 11.5. The van der Waals surface area contributed by atoms with Gasteiger partial charge in [-0.15, -0.1) is 0 Å². The first-order valence-electron chi connectivity index (χ1n) is 6.66. The van der Waals surface area contributed by atoms with E-state index in [2.05, 4.69) is 0 Å². The summed E-state index contributed by atoms with van der Waals surface area (Å²) in [6, 6.07) is 12.3. The molecular weight excluding hydrogens is 264 g/mol. The van der Waals surface area contributed by atoms with Crippen LogP contribution in [0.2, 0.25) is 0 Å². The molecule has 21 heavy (non-hydrogen) atoms. The van der Waals surface area contributed by atoms with Gasteiger partial charge in [-0.2, -0.15) is 0 Å². The van der Waals surface area contributed by atoms with Gasteiger partial charge in [0.2, 0.25) is 0 Å². The summed E-state index contributed by atoms with van der Waals surface area (Å²) in [5.74, 6) is 0.704. The molecule has 1 aromatic heterocycles. The highest BCUT2D eigenvalue weighted by atomic mass is 16.3. The van der Waals surface area contributed by atoms with Gasteiger partial charge in [0.25, 0.3) is 0 Å². The van der Waals surface area contributed by atoms with Crippen molar-refractivity contribution in [3.05, 3.63) is 59.7 Å². The van der Waals surface area contributed by atoms with Crippen molar-refractivity contribution < 1.29 is 14.3 Å². The normalized spacial score (nSPS) is 11.3. The quantitative estimate of drug-likeness (QED) is 0.709. The minimum atomic E-state index is 0.179. The van der Waals surface area contributed by atoms with Gasteiger partial charge < -0.3 is 9.52 Å². The average Bonchev–Trinajstić information content (AvgIpc) is 2.86. The number of phenolic OH excluding ortho intramolecular Hbond substituents is 1. The molecule has 0 aliphatic heterocycles. The molecule has 3 heteroatoms. The molecule has 0 unspecified atom stereocenters. The van der Waals surface area contributed by atoms with Crippen LogP contribution in [0.15, 0.2) is 53.0 Å². The van der Waals surface area contributed by atoms with Gasteiger partial charge in [-0.25, -0.2) is 0 Å². The van der Waals surface area contributed by atoms with Crippen LogP contribution in [0.5, 0.6) is 5.75 Å². The number of aromatic hydroxyl groups is 1. The Kier molecular flexibility index (Phi) is 3.32. The van der Waals surface area contributed by atoms with Crippen molar-refractivity contribution in [3.8, 4) is 17.1 Å². The summed E-state index contributed by atoms with van der Waals surface area (Å²) < 4.78 is 5.81. The van der Waals surface area contributed by atoms with Crippen LogP contribution >= 0.6 is 0 Å². The molecule has 1 N–H and O–H groups in total. The van der Waals surface area contributed by atoms with Crippen molar-refractivity contribution in [3.63, 3.8) is 0 Å². The molecule has 0 amide bonds. The van der Waals surface area contributed by atoms with Gasteiger partial charge in [-0.05, 0) is 48.9 Å². The SMILES string of the molecule is CC=Cc1ccc2oc(-c3ccc(O)cc3)c(C=O)c2c1. The average molecular weight is 278 g/mol. The van der Waals surface area contributed by atoms with Gasteiger partial charge in [0.15, 0.2) is 6.29 Å². The zero-order valence-electron chi connectivity index (χ0n) is 11.5. The fourth-order valence-electron chi connectivity index (χ4n) is 2.37. The molecule has 0 aliphatic rings. The topological polar surface area (TPSA) is 50.4 Å². The number of fused-ring (bicyclic) bond motifs is 1. The Labute approximate surface area is 122 Å². The van der Waals surface area contributed by atoms with Gasteiger partial charge >= 0.3 is 0 Å². The molecule has 0 aliphatic carbocycles. The molecular formula is C18H14O3. The number of aldehydes is 1. The third kappa shape index (κ3) is 2.34. The van der Waals surface area contributed by atoms with E-state index >= 15 is 0 Å². The highest BCUT2D eigenvalue weighted by Gasteiger charge is 2.15. The Hall–Kier alpha value is -2.81. The first-order valence-corrected chi connectivity index (χ1v) is 6.66. The van der Waals surface area contributed by atoms with Gasteiger partial charge in [0.1, 0.15) is 17.1 Å². The van der Waals surface area contributed by atoms with E-state index in [9.17, 15) is 9.90 Å². The monoisotopic (exact) mass is 278 g/mol. The number of hydrogen-bond donors (Lipinski definition) is 1. The summed E-state index contributed by atoms with van der Waals surface area (Å²) in [6.45, 7) is 1.95. The second-order valence-corrected chi connectivity index (χ2v) is 4.77. The minimum Gasteiger partial charge on any atom is -0.508 e. The number of carbonyl (C=O) groups excluding carboxylic acids is 1. The lowest BCUT2D eigenvalue weighted by Crippen LogP contribution is -1.82. The number of rotatable bonds is 3. The fraction of sp³-hybridized carbons (Fsp3) is 0.0556. The molecule has 0 bridgehead atoms. The van der Waals surface area contributed by atoms with Gasteiger partial charge in [-0.3, -0.25) is 4.79 Å². The molecule has 3 aromatic rings. The van der Waals surface area contributed by atoms with Crippen LogP contribution in [-0.2, 0) is 0 Å². The summed E-state index contributed by atoms with van der Waals surface area (Å²) in [5, 5.41) is 10.2. The van der Waals surface area contributed by atoms with Crippen molar-refractivity contribution in [1.82, 2.24) is 0 Å². The largest absolute Gasteiger partial charge is 0.508 e. The van der Waals surface area contributed by atoms with Crippen LogP contribution in [0.25, 0.3) is 28.4 Å². The highest BCUT2D eigenvalue weighted by molar-refractivity contribution is 6.03. The minimum absolute atomic E-state index is 0.179. The second kappa shape index (κ2) is 5.29. The van der Waals surface area contributed by atoms with Crippen molar-refractivity contribution in [1.29, 1.82) is 0 Å². The van der Waals surface area contributed by atoms with E-state index < -0.39 is 0 Å². The molecule has 0 atom stereocenters. The van der Waals surface area contributed by atoms with Crippen molar-refractivity contribution in [2.45, 2.75) is 6.92 Å². The maximum absolute atomic E-state index is 11.5. The smallest absolute Gasteiger partial charge is 0.154 e. The van der Waals surface area contributed by atoms with Crippen LogP contribution in [0.1, 0.15) is 22.8 Å².